The van der Waals surface area contributed by atoms with Gasteiger partial charge in [0.25, 0.3) is 5.79 Å². The number of carbonyl (C=O) groups is 2. The van der Waals surface area contributed by atoms with Crippen molar-refractivity contribution in [1.82, 2.24) is 0 Å². The average Bonchev–Trinajstić information content (AvgIpc) is 2.52. The second-order valence-corrected chi connectivity index (χ2v) is 6.21. The predicted octanol–water partition coefficient (Wildman–Crippen LogP) is 3.41. The van der Waals surface area contributed by atoms with Gasteiger partial charge >= 0.3 is 24.3 Å². The van der Waals surface area contributed by atoms with Crippen molar-refractivity contribution in [3.8, 4) is 5.75 Å². The molecule has 0 aromatic heterocycles. The SMILES string of the molecule is Cc1cc(OCC(F)(F)C(F)F)ccc1NC=C1C(=O)OC(C)(C)OC1=O. The summed E-state index contributed by atoms with van der Waals surface area (Å²) in [4.78, 5) is 23.7. The number of aryl methyl sites for hydroxylation is 1. The molecule has 1 heterocycles. The fourth-order valence-corrected chi connectivity index (χ4v) is 2.06. The Bertz CT molecular complexity index is 755. The summed E-state index contributed by atoms with van der Waals surface area (Å²) in [5, 5.41) is 2.70. The molecule has 6 nitrogen and oxygen atoms in total. The number of anilines is 1. The van der Waals surface area contributed by atoms with Crippen LogP contribution in [0.3, 0.4) is 0 Å². The van der Waals surface area contributed by atoms with Gasteiger partial charge in [-0.2, -0.15) is 8.78 Å². The van der Waals surface area contributed by atoms with E-state index in [2.05, 4.69) is 5.32 Å². The van der Waals surface area contributed by atoms with Crippen LogP contribution >= 0.6 is 0 Å². The minimum absolute atomic E-state index is 0.0377. The van der Waals surface area contributed by atoms with E-state index in [9.17, 15) is 27.2 Å². The molecule has 0 atom stereocenters. The number of alkyl halides is 4. The largest absolute Gasteiger partial charge is 0.487 e. The molecule has 0 radical (unpaired) electrons. The summed E-state index contributed by atoms with van der Waals surface area (Å²) in [5.74, 6) is -7.39. The summed E-state index contributed by atoms with van der Waals surface area (Å²) in [6.45, 7) is 2.94. The summed E-state index contributed by atoms with van der Waals surface area (Å²) in [6.07, 6.45) is -2.74. The number of hydrogen-bond donors (Lipinski definition) is 1. The minimum Gasteiger partial charge on any atom is -0.487 e. The van der Waals surface area contributed by atoms with Gasteiger partial charge in [0, 0.05) is 25.7 Å². The smallest absolute Gasteiger partial charge is 0.350 e. The molecule has 1 aliphatic heterocycles. The topological polar surface area (TPSA) is 73.9 Å². The van der Waals surface area contributed by atoms with E-state index in [1.165, 1.54) is 32.0 Å². The van der Waals surface area contributed by atoms with E-state index in [4.69, 9.17) is 14.2 Å². The number of ether oxygens (including phenoxy) is 3. The Hall–Kier alpha value is -2.78. The molecule has 27 heavy (non-hydrogen) atoms. The molecular weight excluding hydrogens is 374 g/mol. The fraction of sp³-hybridized carbons (Fsp3) is 0.412. The molecule has 2 rings (SSSR count). The van der Waals surface area contributed by atoms with Crippen LogP contribution in [0.2, 0.25) is 0 Å². The second kappa shape index (κ2) is 7.45. The van der Waals surface area contributed by atoms with Gasteiger partial charge in [0.2, 0.25) is 0 Å². The first kappa shape index (κ1) is 20.5. The number of cyclic esters (lactones) is 2. The standard InChI is InChI=1S/C17H17F4NO5/c1-9-6-10(25-8-17(20,21)15(18)19)4-5-12(9)22-7-11-13(23)26-16(2,3)27-14(11)24/h4-7,15,22H,8H2,1-3H3. The quantitative estimate of drug-likeness (QED) is 0.347. The Morgan fingerprint density at radius 2 is 1.81 bits per heavy atom. The number of esters is 2. The summed E-state index contributed by atoms with van der Waals surface area (Å²) >= 11 is 0. The first-order valence-electron chi connectivity index (χ1n) is 7.74. The molecule has 1 aromatic rings. The zero-order chi connectivity index (χ0) is 20.4. The number of carbonyl (C=O) groups excluding carboxylic acids is 2. The average molecular weight is 391 g/mol. The van der Waals surface area contributed by atoms with Crippen molar-refractivity contribution in [2.75, 3.05) is 11.9 Å². The summed E-state index contributed by atoms with van der Waals surface area (Å²) < 4.78 is 64.6. The van der Waals surface area contributed by atoms with Crippen molar-refractivity contribution in [2.24, 2.45) is 0 Å². The first-order valence-corrected chi connectivity index (χ1v) is 7.74. The summed E-state index contributed by atoms with van der Waals surface area (Å²) in [7, 11) is 0. The van der Waals surface area contributed by atoms with E-state index in [0.717, 1.165) is 6.20 Å². The van der Waals surface area contributed by atoms with Gasteiger partial charge in [0.05, 0.1) is 0 Å². The van der Waals surface area contributed by atoms with Gasteiger partial charge < -0.3 is 19.5 Å². The van der Waals surface area contributed by atoms with Crippen molar-refractivity contribution in [1.29, 1.82) is 0 Å². The van der Waals surface area contributed by atoms with E-state index < -0.39 is 36.7 Å². The molecule has 0 saturated carbocycles. The van der Waals surface area contributed by atoms with Crippen molar-refractivity contribution >= 4 is 17.6 Å². The Labute approximate surface area is 152 Å². The van der Waals surface area contributed by atoms with Crippen LogP contribution < -0.4 is 10.1 Å². The van der Waals surface area contributed by atoms with Crippen LogP contribution in [0.15, 0.2) is 30.0 Å². The lowest BCUT2D eigenvalue weighted by molar-refractivity contribution is -0.222. The predicted molar refractivity (Wildman–Crippen MR) is 85.6 cm³/mol. The first-order chi connectivity index (χ1) is 12.4. The zero-order valence-electron chi connectivity index (χ0n) is 14.6. The Balaban J connectivity index is 2.06. The maximum atomic E-state index is 12.9. The molecule has 0 amide bonds. The molecule has 1 aromatic carbocycles. The van der Waals surface area contributed by atoms with Gasteiger partial charge in [0.15, 0.2) is 12.2 Å². The minimum atomic E-state index is -4.26. The van der Waals surface area contributed by atoms with Crippen molar-refractivity contribution in [3.05, 3.63) is 35.5 Å². The highest BCUT2D eigenvalue weighted by Crippen LogP contribution is 2.27. The molecule has 148 valence electrons. The van der Waals surface area contributed by atoms with Gasteiger partial charge in [0.1, 0.15) is 5.75 Å². The second-order valence-electron chi connectivity index (χ2n) is 6.21. The van der Waals surface area contributed by atoms with Crippen LogP contribution in [0.4, 0.5) is 23.2 Å². The molecule has 0 bridgehead atoms. The van der Waals surface area contributed by atoms with Crippen LogP contribution in [0, 0.1) is 6.92 Å². The highest BCUT2D eigenvalue weighted by molar-refractivity contribution is 6.15. The van der Waals surface area contributed by atoms with Crippen molar-refractivity contribution < 1.29 is 41.4 Å². The number of rotatable bonds is 6. The lowest BCUT2D eigenvalue weighted by atomic mass is 10.2. The molecule has 1 aliphatic rings. The number of benzene rings is 1. The summed E-state index contributed by atoms with van der Waals surface area (Å²) in [6, 6.07) is 4.02. The zero-order valence-corrected chi connectivity index (χ0v) is 14.6. The lowest BCUT2D eigenvalue weighted by Gasteiger charge is -2.29. The van der Waals surface area contributed by atoms with Crippen molar-refractivity contribution in [3.63, 3.8) is 0 Å². The van der Waals surface area contributed by atoms with Crippen LogP contribution in [-0.2, 0) is 19.1 Å². The van der Waals surface area contributed by atoms with Crippen LogP contribution in [0.25, 0.3) is 0 Å². The van der Waals surface area contributed by atoms with E-state index >= 15 is 0 Å². The molecule has 1 saturated heterocycles. The third kappa shape index (κ3) is 5.11. The summed E-state index contributed by atoms with van der Waals surface area (Å²) in [5.41, 5.74) is 0.550. The monoisotopic (exact) mass is 391 g/mol. The molecule has 1 fully saturated rings. The van der Waals surface area contributed by atoms with Crippen molar-refractivity contribution in [2.45, 2.75) is 38.9 Å². The molecule has 0 spiro atoms. The van der Waals surface area contributed by atoms with Gasteiger partial charge in [-0.3, -0.25) is 0 Å². The van der Waals surface area contributed by atoms with Gasteiger partial charge in [-0.05, 0) is 30.7 Å². The maximum absolute atomic E-state index is 12.9. The van der Waals surface area contributed by atoms with E-state index in [0.29, 0.717) is 11.3 Å². The lowest BCUT2D eigenvalue weighted by Crippen LogP contribution is -2.42. The molecule has 0 unspecified atom stereocenters. The number of hydrogen-bond acceptors (Lipinski definition) is 6. The Kier molecular flexibility index (Phi) is 5.67. The third-order valence-electron chi connectivity index (χ3n) is 3.44. The van der Waals surface area contributed by atoms with Crippen LogP contribution in [0.5, 0.6) is 5.75 Å². The fourth-order valence-electron chi connectivity index (χ4n) is 2.06. The van der Waals surface area contributed by atoms with E-state index in [-0.39, 0.29) is 11.3 Å². The van der Waals surface area contributed by atoms with E-state index in [1.54, 1.807) is 6.92 Å². The normalized spacial score (nSPS) is 16.7. The van der Waals surface area contributed by atoms with Gasteiger partial charge in [-0.15, -0.1) is 0 Å². The van der Waals surface area contributed by atoms with Gasteiger partial charge in [-0.25, -0.2) is 18.4 Å². The van der Waals surface area contributed by atoms with Gasteiger partial charge in [-0.1, -0.05) is 0 Å². The third-order valence-corrected chi connectivity index (χ3v) is 3.44. The highest BCUT2D eigenvalue weighted by Gasteiger charge is 2.42. The number of halogens is 4. The molecule has 0 aliphatic carbocycles. The Morgan fingerprint density at radius 1 is 1.22 bits per heavy atom. The molecule has 1 N–H and O–H groups in total. The highest BCUT2D eigenvalue weighted by atomic mass is 19.3. The van der Waals surface area contributed by atoms with Crippen LogP contribution in [0.1, 0.15) is 19.4 Å². The molecule has 10 heteroatoms. The Morgan fingerprint density at radius 3 is 2.33 bits per heavy atom. The molecular formula is C17H17F4NO5. The number of nitrogens with one attached hydrogen (secondary N) is 1. The van der Waals surface area contributed by atoms with E-state index in [1.807, 2.05) is 0 Å². The van der Waals surface area contributed by atoms with Crippen LogP contribution in [-0.4, -0.2) is 36.7 Å². The maximum Gasteiger partial charge on any atom is 0.350 e.